The van der Waals surface area contributed by atoms with Crippen LogP contribution in [0.1, 0.15) is 5.56 Å². The molecule has 0 atom stereocenters. The number of azide groups is 1. The van der Waals surface area contributed by atoms with Crippen molar-refractivity contribution in [3.05, 3.63) is 58.5 Å². The molecule has 2 aromatic rings. The first kappa shape index (κ1) is 11.5. The quantitative estimate of drug-likeness (QED) is 0.486. The largest absolute Gasteiger partial charge is 0.507 e. The minimum atomic E-state index is -0.0646. The van der Waals surface area contributed by atoms with Crippen LogP contribution in [-0.2, 0) is 0 Å². The summed E-state index contributed by atoms with van der Waals surface area (Å²) in [6.45, 7) is 0. The first-order valence-corrected chi connectivity index (χ1v) is 5.13. The van der Waals surface area contributed by atoms with E-state index in [2.05, 4.69) is 10.0 Å². The Kier molecular flexibility index (Phi) is 3.15. The van der Waals surface area contributed by atoms with Crippen molar-refractivity contribution in [2.24, 2.45) is 5.11 Å². The van der Waals surface area contributed by atoms with Gasteiger partial charge >= 0.3 is 0 Å². The maximum atomic E-state index is 9.49. The van der Waals surface area contributed by atoms with Crippen LogP contribution in [0.15, 0.2) is 47.6 Å². The third-order valence-corrected chi connectivity index (χ3v) is 2.48. The van der Waals surface area contributed by atoms with Crippen molar-refractivity contribution < 1.29 is 5.11 Å². The van der Waals surface area contributed by atoms with Crippen LogP contribution in [0, 0.1) is 11.3 Å². The Morgan fingerprint density at radius 1 is 1.11 bits per heavy atom. The molecule has 0 saturated heterocycles. The molecule has 0 saturated carbocycles. The van der Waals surface area contributed by atoms with Gasteiger partial charge in [-0.25, -0.2) is 0 Å². The van der Waals surface area contributed by atoms with Gasteiger partial charge in [-0.2, -0.15) is 5.26 Å². The molecule has 18 heavy (non-hydrogen) atoms. The topological polar surface area (TPSA) is 92.8 Å². The average molecular weight is 236 g/mol. The van der Waals surface area contributed by atoms with Crippen molar-refractivity contribution in [3.8, 4) is 22.9 Å². The number of nitriles is 1. The van der Waals surface area contributed by atoms with Gasteiger partial charge in [0, 0.05) is 4.91 Å². The van der Waals surface area contributed by atoms with Gasteiger partial charge in [0.25, 0.3) is 0 Å². The zero-order valence-corrected chi connectivity index (χ0v) is 9.28. The third-order valence-electron chi connectivity index (χ3n) is 2.48. The van der Waals surface area contributed by atoms with Gasteiger partial charge in [-0.1, -0.05) is 23.3 Å². The average Bonchev–Trinajstić information content (AvgIpc) is 2.42. The first-order chi connectivity index (χ1) is 8.74. The van der Waals surface area contributed by atoms with Crippen molar-refractivity contribution in [2.75, 3.05) is 0 Å². The summed E-state index contributed by atoms with van der Waals surface area (Å²) in [6, 6.07) is 13.8. The highest BCUT2D eigenvalue weighted by atomic mass is 16.3. The van der Waals surface area contributed by atoms with Gasteiger partial charge in [0.1, 0.15) is 5.75 Å². The van der Waals surface area contributed by atoms with E-state index in [0.29, 0.717) is 5.56 Å². The standard InChI is InChI=1S/C13H8N4O/c14-8-9-1-3-10(4-2-9)11-5-6-13(18)12(7-11)16-17-15/h1-7,18H. The molecule has 0 amide bonds. The van der Waals surface area contributed by atoms with E-state index in [-0.39, 0.29) is 11.4 Å². The zero-order chi connectivity index (χ0) is 13.0. The van der Waals surface area contributed by atoms with E-state index in [0.717, 1.165) is 11.1 Å². The Morgan fingerprint density at radius 3 is 2.39 bits per heavy atom. The molecule has 0 aliphatic rings. The summed E-state index contributed by atoms with van der Waals surface area (Å²) in [4.78, 5) is 2.65. The van der Waals surface area contributed by atoms with E-state index >= 15 is 0 Å². The summed E-state index contributed by atoms with van der Waals surface area (Å²) in [5, 5.41) is 21.6. The lowest BCUT2D eigenvalue weighted by Crippen LogP contribution is -1.79. The second-order valence-corrected chi connectivity index (χ2v) is 3.58. The SMILES string of the molecule is N#Cc1ccc(-c2ccc(O)c(N=[N+]=[N-])c2)cc1. The summed E-state index contributed by atoms with van der Waals surface area (Å²) in [7, 11) is 0. The monoisotopic (exact) mass is 236 g/mol. The summed E-state index contributed by atoms with van der Waals surface area (Å²) in [5.74, 6) is -0.0646. The highest BCUT2D eigenvalue weighted by Crippen LogP contribution is 2.32. The van der Waals surface area contributed by atoms with Gasteiger partial charge in [0.05, 0.1) is 17.3 Å². The molecule has 0 aromatic heterocycles. The molecule has 0 aliphatic heterocycles. The number of hydrogen-bond acceptors (Lipinski definition) is 3. The highest BCUT2D eigenvalue weighted by Gasteiger charge is 2.03. The molecule has 2 aromatic carbocycles. The minimum absolute atomic E-state index is 0.0646. The van der Waals surface area contributed by atoms with Gasteiger partial charge in [-0.3, -0.25) is 0 Å². The molecule has 0 bridgehead atoms. The van der Waals surface area contributed by atoms with Crippen molar-refractivity contribution in [1.29, 1.82) is 5.26 Å². The van der Waals surface area contributed by atoms with Gasteiger partial charge in [-0.05, 0) is 40.9 Å². The lowest BCUT2D eigenvalue weighted by molar-refractivity contribution is 0.477. The molecule has 0 aliphatic carbocycles. The van der Waals surface area contributed by atoms with E-state index in [4.69, 9.17) is 10.8 Å². The maximum absolute atomic E-state index is 9.49. The molecule has 2 rings (SSSR count). The van der Waals surface area contributed by atoms with Gasteiger partial charge < -0.3 is 5.11 Å². The fourth-order valence-corrected chi connectivity index (χ4v) is 1.57. The Balaban J connectivity index is 2.47. The molecule has 0 radical (unpaired) electrons. The first-order valence-electron chi connectivity index (χ1n) is 5.13. The number of nitrogens with zero attached hydrogens (tertiary/aromatic N) is 4. The maximum Gasteiger partial charge on any atom is 0.125 e. The molecule has 0 fully saturated rings. The molecule has 5 heteroatoms. The predicted octanol–water partition coefficient (Wildman–Crippen LogP) is 3.87. The van der Waals surface area contributed by atoms with Crippen LogP contribution >= 0.6 is 0 Å². The number of phenols is 1. The zero-order valence-electron chi connectivity index (χ0n) is 9.28. The second kappa shape index (κ2) is 4.91. The number of benzene rings is 2. The van der Waals surface area contributed by atoms with Crippen LogP contribution in [0.2, 0.25) is 0 Å². The molecule has 1 N–H and O–H groups in total. The van der Waals surface area contributed by atoms with Crippen LogP contribution in [0.25, 0.3) is 21.6 Å². The minimum Gasteiger partial charge on any atom is -0.507 e. The van der Waals surface area contributed by atoms with Crippen molar-refractivity contribution >= 4 is 5.69 Å². The number of rotatable bonds is 2. The van der Waals surface area contributed by atoms with E-state index in [1.807, 2.05) is 6.07 Å². The summed E-state index contributed by atoms with van der Waals surface area (Å²) < 4.78 is 0. The van der Waals surface area contributed by atoms with Crippen molar-refractivity contribution in [3.63, 3.8) is 0 Å². The second-order valence-electron chi connectivity index (χ2n) is 3.58. The van der Waals surface area contributed by atoms with Gasteiger partial charge in [-0.15, -0.1) is 0 Å². The molecule has 5 nitrogen and oxygen atoms in total. The number of phenolic OH excluding ortho intramolecular Hbond substituents is 1. The van der Waals surface area contributed by atoms with E-state index in [9.17, 15) is 5.11 Å². The number of aromatic hydroxyl groups is 1. The Labute approximate surface area is 103 Å². The van der Waals surface area contributed by atoms with Crippen LogP contribution in [0.5, 0.6) is 5.75 Å². The number of hydrogen-bond donors (Lipinski definition) is 1. The lowest BCUT2D eigenvalue weighted by atomic mass is 10.0. The van der Waals surface area contributed by atoms with Crippen LogP contribution in [0.4, 0.5) is 5.69 Å². The van der Waals surface area contributed by atoms with E-state index in [1.165, 1.54) is 6.07 Å². The fraction of sp³-hybridized carbons (Fsp3) is 0. The highest BCUT2D eigenvalue weighted by molar-refractivity contribution is 5.70. The van der Waals surface area contributed by atoms with Crippen LogP contribution < -0.4 is 0 Å². The summed E-state index contributed by atoms with van der Waals surface area (Å²) in [5.41, 5.74) is 10.8. The Bertz CT molecular complexity index is 664. The van der Waals surface area contributed by atoms with Crippen LogP contribution in [-0.4, -0.2) is 5.11 Å². The van der Waals surface area contributed by atoms with Gasteiger partial charge in [0.2, 0.25) is 0 Å². The van der Waals surface area contributed by atoms with E-state index < -0.39 is 0 Å². The van der Waals surface area contributed by atoms with E-state index in [1.54, 1.807) is 36.4 Å². The molecular weight excluding hydrogens is 228 g/mol. The Morgan fingerprint density at radius 2 is 1.78 bits per heavy atom. The van der Waals surface area contributed by atoms with Crippen LogP contribution in [0.3, 0.4) is 0 Å². The normalized spacial score (nSPS) is 9.28. The van der Waals surface area contributed by atoms with Crippen molar-refractivity contribution in [2.45, 2.75) is 0 Å². The summed E-state index contributed by atoms with van der Waals surface area (Å²) in [6.07, 6.45) is 0. The van der Waals surface area contributed by atoms with Gasteiger partial charge in [0.15, 0.2) is 0 Å². The summed E-state index contributed by atoms with van der Waals surface area (Å²) >= 11 is 0. The molecule has 86 valence electrons. The predicted molar refractivity (Wildman–Crippen MR) is 67.1 cm³/mol. The molecular formula is C13H8N4O. The molecule has 0 spiro atoms. The Hall–Kier alpha value is -2.96. The third kappa shape index (κ3) is 2.24. The smallest absolute Gasteiger partial charge is 0.125 e. The van der Waals surface area contributed by atoms with Crippen molar-refractivity contribution in [1.82, 2.24) is 0 Å². The fourth-order valence-electron chi connectivity index (χ4n) is 1.57. The molecule has 0 heterocycles. The lowest BCUT2D eigenvalue weighted by Gasteiger charge is -2.04. The molecule has 0 unspecified atom stereocenters.